The SMILES string of the molecule is CC(=O)N1Cc2nnc(C3CC4(C3)CN(c3ccccn3)C4)n2-c2ccc(Cl)cc2C1C. The Balaban J connectivity index is 1.29. The third-order valence-corrected chi connectivity index (χ3v) is 7.60. The second-order valence-electron chi connectivity index (χ2n) is 9.49. The van der Waals surface area contributed by atoms with Crippen molar-refractivity contribution in [1.29, 1.82) is 0 Å². The number of fused-ring (bicyclic) bond motifs is 3. The molecule has 1 spiro atoms. The lowest BCUT2D eigenvalue weighted by Gasteiger charge is -2.59. The predicted molar refractivity (Wildman–Crippen MR) is 122 cm³/mol. The first-order valence-corrected chi connectivity index (χ1v) is 11.5. The van der Waals surface area contributed by atoms with Gasteiger partial charge in [0.1, 0.15) is 11.6 Å². The maximum Gasteiger partial charge on any atom is 0.220 e. The van der Waals surface area contributed by atoms with Gasteiger partial charge in [-0.2, -0.15) is 0 Å². The first-order chi connectivity index (χ1) is 15.4. The molecule has 3 aliphatic rings. The smallest absolute Gasteiger partial charge is 0.220 e. The summed E-state index contributed by atoms with van der Waals surface area (Å²) < 4.78 is 2.18. The molecule has 1 aromatic carbocycles. The zero-order valence-corrected chi connectivity index (χ0v) is 19.0. The second-order valence-corrected chi connectivity index (χ2v) is 9.92. The quantitative estimate of drug-likeness (QED) is 0.589. The average Bonchev–Trinajstić information content (AvgIpc) is 3.08. The van der Waals surface area contributed by atoms with Crippen LogP contribution in [-0.4, -0.2) is 43.6 Å². The molecule has 1 unspecified atom stereocenters. The summed E-state index contributed by atoms with van der Waals surface area (Å²) in [4.78, 5) is 21.0. The number of amides is 1. The third kappa shape index (κ3) is 2.94. The number of carbonyl (C=O) groups is 1. The van der Waals surface area contributed by atoms with Crippen LogP contribution in [-0.2, 0) is 11.3 Å². The van der Waals surface area contributed by atoms with E-state index < -0.39 is 0 Å². The number of hydrogen-bond donors (Lipinski definition) is 0. The van der Waals surface area contributed by atoms with Crippen LogP contribution in [0.1, 0.15) is 55.9 Å². The average molecular weight is 449 g/mol. The highest BCUT2D eigenvalue weighted by Crippen LogP contribution is 2.56. The molecule has 2 aromatic heterocycles. The van der Waals surface area contributed by atoms with Crippen molar-refractivity contribution in [3.63, 3.8) is 0 Å². The molecule has 3 aromatic rings. The van der Waals surface area contributed by atoms with E-state index in [-0.39, 0.29) is 11.9 Å². The molecule has 1 saturated heterocycles. The minimum absolute atomic E-state index is 0.0214. The van der Waals surface area contributed by atoms with Crippen molar-refractivity contribution in [3.05, 3.63) is 64.8 Å². The Morgan fingerprint density at radius 2 is 1.97 bits per heavy atom. The fourth-order valence-electron chi connectivity index (χ4n) is 5.76. The van der Waals surface area contributed by atoms with Gasteiger partial charge in [0.25, 0.3) is 0 Å². The van der Waals surface area contributed by atoms with E-state index >= 15 is 0 Å². The summed E-state index contributed by atoms with van der Waals surface area (Å²) in [6, 6.07) is 11.9. The zero-order chi connectivity index (χ0) is 22.0. The van der Waals surface area contributed by atoms with Gasteiger partial charge in [0.2, 0.25) is 5.91 Å². The molecular formula is C24H25ClN6O. The second kappa shape index (κ2) is 7.04. The molecule has 0 bridgehead atoms. The Hall–Kier alpha value is -2.93. The lowest BCUT2D eigenvalue weighted by molar-refractivity contribution is -0.131. The van der Waals surface area contributed by atoms with Gasteiger partial charge in [0, 0.05) is 42.6 Å². The molecule has 1 atom stereocenters. The Morgan fingerprint density at radius 3 is 2.69 bits per heavy atom. The molecule has 1 amide bonds. The molecule has 1 saturated carbocycles. The highest BCUT2D eigenvalue weighted by Gasteiger charge is 2.54. The van der Waals surface area contributed by atoms with Gasteiger partial charge < -0.3 is 9.80 Å². The summed E-state index contributed by atoms with van der Waals surface area (Å²) >= 11 is 6.34. The standard InChI is InChI=1S/C24H25ClN6O/c1-15-19-9-18(25)6-7-20(19)31-22(12-30(15)16(2)32)27-28-23(31)17-10-24(11-17)13-29(14-24)21-5-3-4-8-26-21/h3-9,15,17H,10-14H2,1-2H3. The van der Waals surface area contributed by atoms with Crippen molar-refractivity contribution in [2.24, 2.45) is 5.41 Å². The topological polar surface area (TPSA) is 67.2 Å². The van der Waals surface area contributed by atoms with Crippen LogP contribution in [0.15, 0.2) is 42.6 Å². The molecule has 32 heavy (non-hydrogen) atoms. The number of aromatic nitrogens is 4. The summed E-state index contributed by atoms with van der Waals surface area (Å²) in [7, 11) is 0. The fraction of sp³-hybridized carbons (Fsp3) is 0.417. The van der Waals surface area contributed by atoms with Crippen LogP contribution in [0.25, 0.3) is 5.69 Å². The van der Waals surface area contributed by atoms with Crippen molar-refractivity contribution in [2.45, 2.75) is 45.2 Å². The number of pyridine rings is 1. The summed E-state index contributed by atoms with van der Waals surface area (Å²) in [5.41, 5.74) is 2.41. The van der Waals surface area contributed by atoms with Gasteiger partial charge in [0.05, 0.1) is 18.3 Å². The highest BCUT2D eigenvalue weighted by molar-refractivity contribution is 6.30. The Kier molecular flexibility index (Phi) is 4.34. The molecular weight excluding hydrogens is 424 g/mol. The van der Waals surface area contributed by atoms with E-state index in [0.29, 0.717) is 22.9 Å². The number of hydrogen-bond acceptors (Lipinski definition) is 5. The molecule has 1 aliphatic carbocycles. The maximum atomic E-state index is 12.4. The number of rotatable bonds is 2. The lowest BCUT2D eigenvalue weighted by Crippen LogP contribution is -2.62. The van der Waals surface area contributed by atoms with Crippen LogP contribution < -0.4 is 4.90 Å². The van der Waals surface area contributed by atoms with E-state index in [1.54, 1.807) is 6.92 Å². The Bertz CT molecular complexity index is 1190. The molecule has 2 fully saturated rings. The van der Waals surface area contributed by atoms with Crippen molar-refractivity contribution in [1.82, 2.24) is 24.6 Å². The first-order valence-electron chi connectivity index (χ1n) is 11.1. The van der Waals surface area contributed by atoms with E-state index in [9.17, 15) is 4.79 Å². The molecule has 164 valence electrons. The summed E-state index contributed by atoms with van der Waals surface area (Å²) in [6.45, 7) is 6.19. The van der Waals surface area contributed by atoms with Crippen molar-refractivity contribution in [3.8, 4) is 5.69 Å². The number of nitrogens with zero attached hydrogens (tertiary/aromatic N) is 6. The van der Waals surface area contributed by atoms with Crippen LogP contribution in [0.4, 0.5) is 5.82 Å². The van der Waals surface area contributed by atoms with Crippen LogP contribution in [0.3, 0.4) is 0 Å². The molecule has 2 aliphatic heterocycles. The van der Waals surface area contributed by atoms with Gasteiger partial charge in [-0.1, -0.05) is 17.7 Å². The third-order valence-electron chi connectivity index (χ3n) is 7.37. The minimum atomic E-state index is -0.0814. The molecule has 0 N–H and O–H groups in total. The summed E-state index contributed by atoms with van der Waals surface area (Å²) in [5.74, 6) is 3.26. The van der Waals surface area contributed by atoms with Crippen LogP contribution in [0.2, 0.25) is 5.02 Å². The first kappa shape index (κ1) is 19.7. The number of halogens is 1. The van der Waals surface area contributed by atoms with Crippen LogP contribution >= 0.6 is 11.6 Å². The molecule has 0 radical (unpaired) electrons. The monoisotopic (exact) mass is 448 g/mol. The van der Waals surface area contributed by atoms with Crippen molar-refractivity contribution >= 4 is 23.3 Å². The van der Waals surface area contributed by atoms with Gasteiger partial charge in [-0.15, -0.1) is 10.2 Å². The predicted octanol–water partition coefficient (Wildman–Crippen LogP) is 4.12. The highest BCUT2D eigenvalue weighted by atomic mass is 35.5. The zero-order valence-electron chi connectivity index (χ0n) is 18.2. The Labute approximate surface area is 192 Å². The van der Waals surface area contributed by atoms with Gasteiger partial charge in [-0.3, -0.25) is 9.36 Å². The van der Waals surface area contributed by atoms with E-state index in [4.69, 9.17) is 11.6 Å². The minimum Gasteiger partial charge on any atom is -0.355 e. The summed E-state index contributed by atoms with van der Waals surface area (Å²) in [5, 5.41) is 9.82. The van der Waals surface area contributed by atoms with E-state index in [1.807, 2.05) is 41.4 Å². The van der Waals surface area contributed by atoms with Crippen molar-refractivity contribution < 1.29 is 4.79 Å². The Morgan fingerprint density at radius 1 is 1.16 bits per heavy atom. The molecule has 8 heteroatoms. The maximum absolute atomic E-state index is 12.4. The normalized spacial score (nSPS) is 21.4. The van der Waals surface area contributed by atoms with Crippen molar-refractivity contribution in [2.75, 3.05) is 18.0 Å². The number of benzene rings is 1. The molecule has 6 rings (SSSR count). The summed E-state index contributed by atoms with van der Waals surface area (Å²) in [6.07, 6.45) is 4.05. The van der Waals surface area contributed by atoms with E-state index in [2.05, 4.69) is 37.6 Å². The molecule has 4 heterocycles. The van der Waals surface area contributed by atoms with Gasteiger partial charge >= 0.3 is 0 Å². The van der Waals surface area contributed by atoms with E-state index in [1.165, 1.54) is 0 Å². The van der Waals surface area contributed by atoms with Crippen LogP contribution in [0.5, 0.6) is 0 Å². The fourth-order valence-corrected chi connectivity index (χ4v) is 5.94. The van der Waals surface area contributed by atoms with Gasteiger partial charge in [-0.25, -0.2) is 4.98 Å². The number of anilines is 1. The largest absolute Gasteiger partial charge is 0.355 e. The molecule has 7 nitrogen and oxygen atoms in total. The van der Waals surface area contributed by atoms with E-state index in [0.717, 1.165) is 54.6 Å². The van der Waals surface area contributed by atoms with Gasteiger partial charge in [0.15, 0.2) is 5.82 Å². The number of carbonyl (C=O) groups excluding carboxylic acids is 1. The van der Waals surface area contributed by atoms with Gasteiger partial charge in [-0.05, 0) is 55.7 Å². The van der Waals surface area contributed by atoms with Crippen LogP contribution in [0, 0.1) is 5.41 Å². The lowest BCUT2D eigenvalue weighted by atomic mass is 9.57.